The van der Waals surface area contributed by atoms with Crippen molar-refractivity contribution >= 4 is 17.8 Å². The van der Waals surface area contributed by atoms with Gasteiger partial charge in [-0.3, -0.25) is 0 Å². The zero-order chi connectivity index (χ0) is 22.0. The molecule has 0 spiro atoms. The van der Waals surface area contributed by atoms with Crippen LogP contribution in [0.5, 0.6) is 5.75 Å². The first-order chi connectivity index (χ1) is 14.8. The fraction of sp³-hybridized carbons (Fsp3) is 0.600. The third kappa shape index (κ3) is 5.83. The molecule has 170 valence electrons. The highest BCUT2D eigenvalue weighted by Gasteiger charge is 2.33. The van der Waals surface area contributed by atoms with E-state index in [4.69, 9.17) is 10.7 Å². The summed E-state index contributed by atoms with van der Waals surface area (Å²) in [6, 6.07) is 1.25. The summed E-state index contributed by atoms with van der Waals surface area (Å²) in [7, 11) is 0. The third-order valence-corrected chi connectivity index (χ3v) is 6.50. The molecule has 3 heterocycles. The van der Waals surface area contributed by atoms with Crippen LogP contribution in [0.4, 0.5) is 19.0 Å². The van der Waals surface area contributed by atoms with Gasteiger partial charge in [0.15, 0.2) is 11.6 Å². The van der Waals surface area contributed by atoms with Crippen LogP contribution in [0, 0.1) is 0 Å². The molecule has 0 radical (unpaired) electrons. The highest BCUT2D eigenvalue weighted by molar-refractivity contribution is 7.96. The number of alkyl halides is 3. The quantitative estimate of drug-likeness (QED) is 0.609. The lowest BCUT2D eigenvalue weighted by molar-refractivity contribution is -0.274. The molecule has 1 aliphatic carbocycles. The first-order valence-corrected chi connectivity index (χ1v) is 11.6. The molecule has 11 heteroatoms. The lowest BCUT2D eigenvalue weighted by Gasteiger charge is -2.33. The van der Waals surface area contributed by atoms with Gasteiger partial charge in [-0.2, -0.15) is 0 Å². The van der Waals surface area contributed by atoms with Crippen LogP contribution < -0.4 is 10.5 Å². The minimum atomic E-state index is -4.83. The van der Waals surface area contributed by atoms with E-state index in [-0.39, 0.29) is 5.82 Å². The Morgan fingerprint density at radius 2 is 1.94 bits per heavy atom. The van der Waals surface area contributed by atoms with Crippen LogP contribution in [-0.4, -0.2) is 69.1 Å². The predicted octanol–water partition coefficient (Wildman–Crippen LogP) is 3.59. The molecule has 0 aromatic carbocycles. The number of nitrogens with two attached hydrogens (primary N) is 1. The largest absolute Gasteiger partial charge is 0.573 e. The smallest absolute Gasteiger partial charge is 0.402 e. The van der Waals surface area contributed by atoms with Crippen LogP contribution in [0.1, 0.15) is 31.0 Å². The zero-order valence-electron chi connectivity index (χ0n) is 17.4. The number of hydrogen-bond acceptors (Lipinski definition) is 7. The molecule has 2 aromatic heterocycles. The van der Waals surface area contributed by atoms with Gasteiger partial charge >= 0.3 is 6.36 Å². The highest BCUT2D eigenvalue weighted by atomic mass is 32.2. The Morgan fingerprint density at radius 1 is 1.19 bits per heavy atom. The molecule has 7 nitrogen and oxygen atoms in total. The van der Waals surface area contributed by atoms with Gasteiger partial charge in [-0.1, -0.05) is 11.9 Å². The van der Waals surface area contributed by atoms with E-state index >= 15 is 0 Å². The molecule has 2 aliphatic rings. The van der Waals surface area contributed by atoms with E-state index < -0.39 is 12.1 Å². The second kappa shape index (κ2) is 9.25. The maximum absolute atomic E-state index is 12.6. The fourth-order valence-corrected chi connectivity index (χ4v) is 4.35. The standard InChI is InChI=1S/C20H27F3N6OS/c1-31-29-9-7-27(8-10-29)5-2-6-28-13-16(26-19(28)14-3-4-14)15-11-17(18(24)25-12-15)30-20(21,22)23/h11-14H,2-10H2,1H3,(H2,24,25). The van der Waals surface area contributed by atoms with Crippen molar-refractivity contribution in [1.29, 1.82) is 0 Å². The lowest BCUT2D eigenvalue weighted by atomic mass is 10.2. The molecule has 31 heavy (non-hydrogen) atoms. The minimum Gasteiger partial charge on any atom is -0.402 e. The van der Waals surface area contributed by atoms with E-state index in [1.165, 1.54) is 12.3 Å². The van der Waals surface area contributed by atoms with E-state index in [1.807, 2.05) is 6.20 Å². The number of imidazole rings is 1. The van der Waals surface area contributed by atoms with Gasteiger partial charge in [0, 0.05) is 56.6 Å². The summed E-state index contributed by atoms with van der Waals surface area (Å²) in [4.78, 5) is 11.1. The van der Waals surface area contributed by atoms with Crippen molar-refractivity contribution in [2.75, 3.05) is 44.7 Å². The van der Waals surface area contributed by atoms with Gasteiger partial charge in [0.1, 0.15) is 5.82 Å². The Labute approximate surface area is 183 Å². The second-order valence-electron chi connectivity index (χ2n) is 7.91. The van der Waals surface area contributed by atoms with Crippen LogP contribution in [-0.2, 0) is 6.54 Å². The average molecular weight is 457 g/mol. The Balaban J connectivity index is 1.44. The Hall–Kier alpha value is -1.98. The fourth-order valence-electron chi connectivity index (χ4n) is 3.82. The van der Waals surface area contributed by atoms with Crippen molar-refractivity contribution < 1.29 is 17.9 Å². The van der Waals surface area contributed by atoms with Crippen molar-refractivity contribution in [3.63, 3.8) is 0 Å². The SMILES string of the molecule is CSN1CCN(CCCn2cc(-c3cnc(N)c(OC(F)(F)F)c3)nc2C2CC2)CC1. The number of anilines is 1. The molecule has 0 atom stereocenters. The van der Waals surface area contributed by atoms with Gasteiger partial charge in [-0.05, 0) is 38.1 Å². The average Bonchev–Trinajstić information content (AvgIpc) is 3.49. The number of ether oxygens (including phenoxy) is 1. The number of pyridine rings is 1. The normalized spacial score (nSPS) is 18.5. The Morgan fingerprint density at radius 3 is 2.58 bits per heavy atom. The summed E-state index contributed by atoms with van der Waals surface area (Å²) in [5.41, 5.74) is 6.60. The van der Waals surface area contributed by atoms with Crippen molar-refractivity contribution in [3.8, 4) is 17.0 Å². The summed E-state index contributed by atoms with van der Waals surface area (Å²) in [5.74, 6) is 0.616. The van der Waals surface area contributed by atoms with E-state index in [0.29, 0.717) is 17.2 Å². The van der Waals surface area contributed by atoms with Crippen LogP contribution >= 0.6 is 11.9 Å². The molecule has 0 amide bonds. The maximum Gasteiger partial charge on any atom is 0.573 e. The van der Waals surface area contributed by atoms with Crippen molar-refractivity contribution in [2.45, 2.75) is 38.1 Å². The van der Waals surface area contributed by atoms with Crippen LogP contribution in [0.2, 0.25) is 0 Å². The number of halogens is 3. The molecular weight excluding hydrogens is 429 g/mol. The number of rotatable bonds is 8. The molecule has 2 N–H and O–H groups in total. The van der Waals surface area contributed by atoms with Crippen molar-refractivity contribution in [1.82, 2.24) is 23.7 Å². The van der Waals surface area contributed by atoms with Crippen LogP contribution in [0.15, 0.2) is 18.5 Å². The summed E-state index contributed by atoms with van der Waals surface area (Å²) in [5, 5.41) is 0. The van der Waals surface area contributed by atoms with Crippen LogP contribution in [0.3, 0.4) is 0 Å². The third-order valence-electron chi connectivity index (χ3n) is 5.62. The van der Waals surface area contributed by atoms with Gasteiger partial charge in [0.25, 0.3) is 0 Å². The monoisotopic (exact) mass is 456 g/mol. The van der Waals surface area contributed by atoms with E-state index in [1.54, 1.807) is 11.9 Å². The Kier molecular flexibility index (Phi) is 6.63. The van der Waals surface area contributed by atoms with E-state index in [0.717, 1.165) is 64.4 Å². The molecule has 4 rings (SSSR count). The van der Waals surface area contributed by atoms with E-state index in [9.17, 15) is 13.2 Å². The first kappa shape index (κ1) is 22.2. The molecule has 0 unspecified atom stereocenters. The zero-order valence-corrected chi connectivity index (χ0v) is 18.3. The van der Waals surface area contributed by atoms with Gasteiger partial charge < -0.3 is 19.9 Å². The minimum absolute atomic E-state index is 0.301. The van der Waals surface area contributed by atoms with Gasteiger partial charge in [0.05, 0.1) is 5.69 Å². The summed E-state index contributed by atoms with van der Waals surface area (Å²) < 4.78 is 46.4. The maximum atomic E-state index is 12.6. The van der Waals surface area contributed by atoms with Gasteiger partial charge in [-0.25, -0.2) is 14.3 Å². The number of piperazine rings is 1. The molecule has 2 aromatic rings. The predicted molar refractivity (Wildman–Crippen MR) is 115 cm³/mol. The molecule has 1 aliphatic heterocycles. The van der Waals surface area contributed by atoms with E-state index in [2.05, 4.69) is 29.7 Å². The van der Waals surface area contributed by atoms with Crippen LogP contribution in [0.25, 0.3) is 11.3 Å². The van der Waals surface area contributed by atoms with Crippen molar-refractivity contribution in [3.05, 3.63) is 24.3 Å². The number of nitrogen functional groups attached to an aromatic ring is 1. The molecule has 1 saturated carbocycles. The highest BCUT2D eigenvalue weighted by Crippen LogP contribution is 2.41. The summed E-state index contributed by atoms with van der Waals surface area (Å²) >= 11 is 1.80. The second-order valence-corrected chi connectivity index (χ2v) is 8.80. The van der Waals surface area contributed by atoms with Gasteiger partial charge in [0.2, 0.25) is 0 Å². The number of nitrogens with zero attached hydrogens (tertiary/aromatic N) is 5. The van der Waals surface area contributed by atoms with Gasteiger partial charge in [-0.15, -0.1) is 13.2 Å². The number of aromatic nitrogens is 3. The first-order valence-electron chi connectivity index (χ1n) is 10.4. The topological polar surface area (TPSA) is 72.4 Å². The number of hydrogen-bond donors (Lipinski definition) is 1. The lowest BCUT2D eigenvalue weighted by Crippen LogP contribution is -2.43. The summed E-state index contributed by atoms with van der Waals surface area (Å²) in [6.07, 6.45) is 3.81. The number of aryl methyl sites for hydroxylation is 1. The Bertz CT molecular complexity index is 894. The molecular formula is C20H27F3N6OS. The summed E-state index contributed by atoms with van der Waals surface area (Å²) in [6.45, 7) is 6.16. The molecule has 1 saturated heterocycles. The van der Waals surface area contributed by atoms with Crippen molar-refractivity contribution in [2.24, 2.45) is 0 Å². The molecule has 0 bridgehead atoms. The molecule has 2 fully saturated rings.